The summed E-state index contributed by atoms with van der Waals surface area (Å²) in [5, 5.41) is 9.26. The van der Waals surface area contributed by atoms with Gasteiger partial charge in [0, 0.05) is 31.7 Å². The molecule has 0 aromatic heterocycles. The van der Waals surface area contributed by atoms with E-state index in [9.17, 15) is 5.26 Å². The average molecular weight is 320 g/mol. The van der Waals surface area contributed by atoms with Crippen molar-refractivity contribution in [2.75, 3.05) is 26.2 Å². The van der Waals surface area contributed by atoms with Crippen LogP contribution in [0.25, 0.3) is 0 Å². The van der Waals surface area contributed by atoms with Gasteiger partial charge >= 0.3 is 0 Å². The van der Waals surface area contributed by atoms with Crippen molar-refractivity contribution < 1.29 is 0 Å². The van der Waals surface area contributed by atoms with Crippen molar-refractivity contribution in [3.8, 4) is 6.07 Å². The van der Waals surface area contributed by atoms with Crippen LogP contribution >= 0.6 is 0 Å². The molecule has 0 aromatic carbocycles. The maximum absolute atomic E-state index is 9.26. The molecule has 1 saturated carbocycles. The Labute approximate surface area is 144 Å². The lowest BCUT2D eigenvalue weighted by Crippen LogP contribution is -2.57. The molecular weight excluding hydrogens is 282 g/mol. The summed E-state index contributed by atoms with van der Waals surface area (Å²) in [6.45, 7) is 14.0. The fourth-order valence-electron chi connectivity index (χ4n) is 4.45. The van der Waals surface area contributed by atoms with Gasteiger partial charge in [0.15, 0.2) is 0 Å². The molecular formula is C20H37N3. The summed E-state index contributed by atoms with van der Waals surface area (Å²) in [4.78, 5) is 5.30. The Hall–Kier alpha value is -0.590. The molecule has 0 aromatic rings. The molecule has 3 heteroatoms. The molecule has 0 bridgehead atoms. The maximum Gasteiger partial charge on any atom is 0.0638 e. The van der Waals surface area contributed by atoms with Crippen molar-refractivity contribution in [2.45, 2.75) is 78.3 Å². The second-order valence-electron chi connectivity index (χ2n) is 8.55. The highest BCUT2D eigenvalue weighted by molar-refractivity contribution is 4.93. The third kappa shape index (κ3) is 5.47. The predicted octanol–water partition coefficient (Wildman–Crippen LogP) is 4.15. The minimum Gasteiger partial charge on any atom is -0.300 e. The maximum atomic E-state index is 9.26. The van der Waals surface area contributed by atoms with Gasteiger partial charge in [-0.05, 0) is 56.4 Å². The summed E-state index contributed by atoms with van der Waals surface area (Å²) in [6.07, 6.45) is 7.43. The molecule has 132 valence electrons. The molecule has 1 atom stereocenters. The standard InChI is InChI=1S/C20H37N3/c1-16(2)10-12-22-13-14-23(20(15-22)9-11-21)19-7-5-18(6-8-19)17(3)4/h16-20H,5-10,12-15H2,1-4H3/t18?,19?,20-/m0/s1. The zero-order valence-corrected chi connectivity index (χ0v) is 15.8. The van der Waals surface area contributed by atoms with Crippen LogP contribution in [0, 0.1) is 29.1 Å². The summed E-state index contributed by atoms with van der Waals surface area (Å²) >= 11 is 0. The van der Waals surface area contributed by atoms with E-state index in [4.69, 9.17) is 0 Å². The van der Waals surface area contributed by atoms with Crippen molar-refractivity contribution >= 4 is 0 Å². The van der Waals surface area contributed by atoms with Gasteiger partial charge in [0.1, 0.15) is 0 Å². The van der Waals surface area contributed by atoms with Gasteiger partial charge in [-0.15, -0.1) is 0 Å². The molecule has 3 nitrogen and oxygen atoms in total. The van der Waals surface area contributed by atoms with Crippen LogP contribution < -0.4 is 0 Å². The largest absolute Gasteiger partial charge is 0.300 e. The van der Waals surface area contributed by atoms with Crippen molar-refractivity contribution in [2.24, 2.45) is 17.8 Å². The zero-order valence-electron chi connectivity index (χ0n) is 15.8. The van der Waals surface area contributed by atoms with E-state index in [0.29, 0.717) is 12.5 Å². The first-order chi connectivity index (χ1) is 11.0. The molecule has 2 fully saturated rings. The molecule has 1 aliphatic carbocycles. The van der Waals surface area contributed by atoms with Gasteiger partial charge < -0.3 is 4.90 Å². The van der Waals surface area contributed by atoms with Crippen LogP contribution in [-0.4, -0.2) is 48.1 Å². The van der Waals surface area contributed by atoms with Gasteiger partial charge in [-0.1, -0.05) is 27.7 Å². The van der Waals surface area contributed by atoms with E-state index >= 15 is 0 Å². The van der Waals surface area contributed by atoms with Gasteiger partial charge in [-0.3, -0.25) is 4.90 Å². The van der Waals surface area contributed by atoms with Crippen LogP contribution in [0.3, 0.4) is 0 Å². The average Bonchev–Trinajstić information content (AvgIpc) is 2.53. The molecule has 0 unspecified atom stereocenters. The Morgan fingerprint density at radius 1 is 1.04 bits per heavy atom. The first-order valence-corrected chi connectivity index (χ1v) is 9.86. The number of piperazine rings is 1. The predicted molar refractivity (Wildman–Crippen MR) is 97.2 cm³/mol. The van der Waals surface area contributed by atoms with Crippen LogP contribution in [0.15, 0.2) is 0 Å². The topological polar surface area (TPSA) is 30.3 Å². The first-order valence-electron chi connectivity index (χ1n) is 9.86. The van der Waals surface area contributed by atoms with Crippen LogP contribution in [0.2, 0.25) is 0 Å². The lowest BCUT2D eigenvalue weighted by atomic mass is 9.79. The quantitative estimate of drug-likeness (QED) is 0.737. The highest BCUT2D eigenvalue weighted by Crippen LogP contribution is 2.34. The van der Waals surface area contributed by atoms with Gasteiger partial charge in [0.05, 0.1) is 12.5 Å². The molecule has 0 N–H and O–H groups in total. The van der Waals surface area contributed by atoms with E-state index in [1.165, 1.54) is 51.7 Å². The molecule has 1 heterocycles. The molecule has 0 amide bonds. The lowest BCUT2D eigenvalue weighted by molar-refractivity contribution is 0.0190. The Kier molecular flexibility index (Phi) is 7.37. The van der Waals surface area contributed by atoms with Gasteiger partial charge in [-0.25, -0.2) is 0 Å². The van der Waals surface area contributed by atoms with Gasteiger partial charge in [0.25, 0.3) is 0 Å². The molecule has 1 aliphatic heterocycles. The lowest BCUT2D eigenvalue weighted by Gasteiger charge is -2.47. The Balaban J connectivity index is 1.88. The number of nitrogens with zero attached hydrogens (tertiary/aromatic N) is 3. The Bertz CT molecular complexity index is 377. The van der Waals surface area contributed by atoms with Crippen LogP contribution in [0.4, 0.5) is 0 Å². The second-order valence-corrected chi connectivity index (χ2v) is 8.55. The van der Waals surface area contributed by atoms with E-state index in [0.717, 1.165) is 30.3 Å². The summed E-state index contributed by atoms with van der Waals surface area (Å²) < 4.78 is 0. The second kappa shape index (κ2) is 9.04. The van der Waals surface area contributed by atoms with E-state index in [2.05, 4.69) is 43.6 Å². The van der Waals surface area contributed by atoms with Crippen molar-refractivity contribution in [3.05, 3.63) is 0 Å². The molecule has 1 saturated heterocycles. The fourth-order valence-corrected chi connectivity index (χ4v) is 4.45. The molecule has 2 rings (SSSR count). The number of rotatable bonds is 6. The first kappa shape index (κ1) is 18.7. The summed E-state index contributed by atoms with van der Waals surface area (Å²) in [7, 11) is 0. The fraction of sp³-hybridized carbons (Fsp3) is 0.950. The number of hydrogen-bond donors (Lipinski definition) is 0. The van der Waals surface area contributed by atoms with Crippen LogP contribution in [0.1, 0.15) is 66.2 Å². The van der Waals surface area contributed by atoms with Crippen molar-refractivity contribution in [3.63, 3.8) is 0 Å². The molecule has 0 spiro atoms. The Morgan fingerprint density at radius 2 is 1.74 bits per heavy atom. The normalized spacial score (nSPS) is 30.7. The highest BCUT2D eigenvalue weighted by atomic mass is 15.3. The van der Waals surface area contributed by atoms with Crippen LogP contribution in [0.5, 0.6) is 0 Å². The summed E-state index contributed by atoms with van der Waals surface area (Å²) in [5.74, 6) is 2.53. The minimum absolute atomic E-state index is 0.460. The highest BCUT2D eigenvalue weighted by Gasteiger charge is 2.34. The molecule has 0 radical (unpaired) electrons. The Morgan fingerprint density at radius 3 is 2.30 bits per heavy atom. The summed E-state index contributed by atoms with van der Waals surface area (Å²) in [5.41, 5.74) is 0. The minimum atomic E-state index is 0.460. The zero-order chi connectivity index (χ0) is 16.8. The van der Waals surface area contributed by atoms with Gasteiger partial charge in [0.2, 0.25) is 0 Å². The van der Waals surface area contributed by atoms with E-state index in [1.54, 1.807) is 0 Å². The van der Waals surface area contributed by atoms with Crippen molar-refractivity contribution in [1.29, 1.82) is 5.26 Å². The van der Waals surface area contributed by atoms with Gasteiger partial charge in [-0.2, -0.15) is 5.26 Å². The van der Waals surface area contributed by atoms with E-state index in [1.807, 2.05) is 0 Å². The summed E-state index contributed by atoms with van der Waals surface area (Å²) in [6, 6.07) is 3.64. The monoisotopic (exact) mass is 319 g/mol. The van der Waals surface area contributed by atoms with Crippen LogP contribution in [-0.2, 0) is 0 Å². The number of nitriles is 1. The van der Waals surface area contributed by atoms with E-state index < -0.39 is 0 Å². The smallest absolute Gasteiger partial charge is 0.0638 e. The van der Waals surface area contributed by atoms with Crippen molar-refractivity contribution in [1.82, 2.24) is 9.80 Å². The third-order valence-electron chi connectivity index (χ3n) is 6.12. The number of hydrogen-bond acceptors (Lipinski definition) is 3. The van der Waals surface area contributed by atoms with E-state index in [-0.39, 0.29) is 0 Å². The third-order valence-corrected chi connectivity index (χ3v) is 6.12. The molecule has 2 aliphatic rings. The molecule has 23 heavy (non-hydrogen) atoms. The SMILES string of the molecule is CC(C)CCN1CCN(C2CCC(C(C)C)CC2)[C@@H](CC#N)C1.